The second-order valence-electron chi connectivity index (χ2n) is 12.3. The number of nitrogens with zero attached hydrogens (tertiary/aromatic N) is 4. The maximum absolute atomic E-state index is 9.72. The minimum atomic E-state index is -0.0871. The van der Waals surface area contributed by atoms with E-state index >= 15 is 0 Å². The van der Waals surface area contributed by atoms with E-state index in [1.54, 1.807) is 0 Å². The van der Waals surface area contributed by atoms with E-state index in [1.807, 2.05) is 60.7 Å². The molecule has 2 aliphatic carbocycles. The van der Waals surface area contributed by atoms with E-state index in [0.717, 1.165) is 57.0 Å². The summed E-state index contributed by atoms with van der Waals surface area (Å²) in [5.74, 6) is 1.89. The van der Waals surface area contributed by atoms with Crippen molar-refractivity contribution in [2.24, 2.45) is 0 Å². The predicted octanol–water partition coefficient (Wildman–Crippen LogP) is 9.87. The molecular weight excluding hydrogens is 552 g/mol. The zero-order valence-electron chi connectivity index (χ0n) is 24.6. The summed E-state index contributed by atoms with van der Waals surface area (Å²) in [7, 11) is 0. The molecular formula is C40H28N4O. The maximum atomic E-state index is 9.72. The summed E-state index contributed by atoms with van der Waals surface area (Å²) in [5, 5.41) is 11.9. The van der Waals surface area contributed by atoms with E-state index in [2.05, 4.69) is 54.6 Å². The molecule has 214 valence electrons. The maximum Gasteiger partial charge on any atom is 0.164 e. The molecule has 0 amide bonds. The van der Waals surface area contributed by atoms with Crippen LogP contribution in [0.15, 0.2) is 114 Å². The first-order valence-electron chi connectivity index (χ1n) is 15.6. The zero-order chi connectivity index (χ0) is 30.0. The number of nitriles is 1. The molecule has 0 unspecified atom stereocenters. The molecule has 9 rings (SSSR count). The van der Waals surface area contributed by atoms with Gasteiger partial charge in [0.05, 0.1) is 11.6 Å². The summed E-state index contributed by atoms with van der Waals surface area (Å²) in [6, 6.07) is 39.6. The van der Waals surface area contributed by atoms with Crippen molar-refractivity contribution in [3.8, 4) is 51.4 Å². The van der Waals surface area contributed by atoms with Crippen LogP contribution in [0.2, 0.25) is 0 Å². The van der Waals surface area contributed by atoms with Crippen molar-refractivity contribution in [3.05, 3.63) is 126 Å². The Morgan fingerprint density at radius 1 is 0.556 bits per heavy atom. The summed E-state index contributed by atoms with van der Waals surface area (Å²) in [4.78, 5) is 15.1. The molecule has 0 saturated heterocycles. The highest BCUT2D eigenvalue weighted by Crippen LogP contribution is 2.56. The predicted molar refractivity (Wildman–Crippen MR) is 177 cm³/mol. The smallest absolute Gasteiger partial charge is 0.164 e. The van der Waals surface area contributed by atoms with Gasteiger partial charge >= 0.3 is 0 Å². The first-order valence-corrected chi connectivity index (χ1v) is 15.6. The van der Waals surface area contributed by atoms with Gasteiger partial charge in [-0.05, 0) is 71.5 Å². The normalized spacial score (nSPS) is 14.8. The Kier molecular flexibility index (Phi) is 5.73. The van der Waals surface area contributed by atoms with Crippen LogP contribution < -0.4 is 0 Å². The Labute approximate surface area is 260 Å². The van der Waals surface area contributed by atoms with Crippen molar-refractivity contribution in [2.75, 3.05) is 0 Å². The van der Waals surface area contributed by atoms with Crippen LogP contribution >= 0.6 is 0 Å². The molecule has 2 aromatic heterocycles. The monoisotopic (exact) mass is 580 g/mol. The third-order valence-corrected chi connectivity index (χ3v) is 9.76. The molecule has 1 fully saturated rings. The van der Waals surface area contributed by atoms with Crippen molar-refractivity contribution in [3.63, 3.8) is 0 Å². The van der Waals surface area contributed by atoms with Gasteiger partial charge < -0.3 is 4.42 Å². The second-order valence-corrected chi connectivity index (χ2v) is 12.3. The second kappa shape index (κ2) is 9.97. The van der Waals surface area contributed by atoms with E-state index in [0.29, 0.717) is 17.5 Å². The number of benzene rings is 5. The Morgan fingerprint density at radius 3 is 1.96 bits per heavy atom. The lowest BCUT2D eigenvalue weighted by Gasteiger charge is -2.36. The molecule has 2 heterocycles. The van der Waals surface area contributed by atoms with Crippen molar-refractivity contribution in [2.45, 2.75) is 37.5 Å². The molecule has 45 heavy (non-hydrogen) atoms. The molecule has 5 heteroatoms. The molecule has 2 aliphatic rings. The number of hydrogen-bond donors (Lipinski definition) is 0. The fourth-order valence-corrected chi connectivity index (χ4v) is 7.61. The standard InChI is InChI=1S/C40H28N4O/c41-24-25-13-16-29-30-17-14-27(22-34(30)40(33(29)21-25)19-7-2-8-20-40)38-42-37(26-9-3-1-4-10-26)43-39(44-38)28-15-18-32-31-11-5-6-12-35(31)45-36(32)23-28/h1,3-6,9-18,21-23H,2,7-8,19-20H2. The molecule has 7 aromatic rings. The number of hydrogen-bond acceptors (Lipinski definition) is 5. The van der Waals surface area contributed by atoms with Crippen molar-refractivity contribution < 1.29 is 4.42 Å². The lowest BCUT2D eigenvalue weighted by molar-refractivity contribution is 0.353. The number of furan rings is 1. The number of rotatable bonds is 3. The highest BCUT2D eigenvalue weighted by atomic mass is 16.3. The average Bonchev–Trinajstić information content (AvgIpc) is 3.61. The van der Waals surface area contributed by atoms with E-state index in [4.69, 9.17) is 19.4 Å². The fraction of sp³-hybridized carbons (Fsp3) is 0.150. The van der Waals surface area contributed by atoms with Crippen LogP contribution in [0, 0.1) is 11.3 Å². The number of fused-ring (bicyclic) bond motifs is 8. The summed E-state index contributed by atoms with van der Waals surface area (Å²) >= 11 is 0. The highest BCUT2D eigenvalue weighted by molar-refractivity contribution is 6.05. The lowest BCUT2D eigenvalue weighted by atomic mass is 9.67. The first-order chi connectivity index (χ1) is 22.2. The third kappa shape index (κ3) is 4.03. The van der Waals surface area contributed by atoms with Crippen LogP contribution in [0.25, 0.3) is 67.2 Å². The van der Waals surface area contributed by atoms with Gasteiger partial charge in [-0.2, -0.15) is 5.26 Å². The van der Waals surface area contributed by atoms with Gasteiger partial charge in [-0.15, -0.1) is 0 Å². The molecule has 5 nitrogen and oxygen atoms in total. The highest BCUT2D eigenvalue weighted by Gasteiger charge is 2.44. The van der Waals surface area contributed by atoms with Crippen LogP contribution in [0.5, 0.6) is 0 Å². The quantitative estimate of drug-likeness (QED) is 0.208. The van der Waals surface area contributed by atoms with Crippen LogP contribution in [-0.4, -0.2) is 15.0 Å². The molecule has 0 bridgehead atoms. The Hall–Kier alpha value is -5.60. The van der Waals surface area contributed by atoms with Gasteiger partial charge in [0.25, 0.3) is 0 Å². The summed E-state index contributed by atoms with van der Waals surface area (Å²) < 4.78 is 6.21. The lowest BCUT2D eigenvalue weighted by Crippen LogP contribution is -2.28. The van der Waals surface area contributed by atoms with Crippen molar-refractivity contribution in [1.82, 2.24) is 15.0 Å². The summed E-state index contributed by atoms with van der Waals surface area (Å²) in [6.07, 6.45) is 5.77. The molecule has 0 aliphatic heterocycles. The molecule has 1 spiro atoms. The van der Waals surface area contributed by atoms with Crippen LogP contribution in [0.1, 0.15) is 48.8 Å². The largest absolute Gasteiger partial charge is 0.456 e. The van der Waals surface area contributed by atoms with E-state index in [-0.39, 0.29) is 5.41 Å². The van der Waals surface area contributed by atoms with Gasteiger partial charge in [0.1, 0.15) is 11.2 Å². The molecule has 1 saturated carbocycles. The minimum absolute atomic E-state index is 0.0871. The van der Waals surface area contributed by atoms with Gasteiger partial charge in [0.2, 0.25) is 0 Å². The Bertz CT molecular complexity index is 2320. The summed E-state index contributed by atoms with van der Waals surface area (Å²) in [6.45, 7) is 0. The van der Waals surface area contributed by atoms with E-state index < -0.39 is 0 Å². The Morgan fingerprint density at radius 2 is 1.18 bits per heavy atom. The first kappa shape index (κ1) is 25.9. The van der Waals surface area contributed by atoms with Gasteiger partial charge in [0.15, 0.2) is 17.5 Å². The molecule has 0 radical (unpaired) electrons. The van der Waals surface area contributed by atoms with Crippen molar-refractivity contribution in [1.29, 1.82) is 5.26 Å². The van der Waals surface area contributed by atoms with Gasteiger partial charge in [0, 0.05) is 32.9 Å². The third-order valence-electron chi connectivity index (χ3n) is 9.76. The van der Waals surface area contributed by atoms with E-state index in [1.165, 1.54) is 41.5 Å². The molecule has 0 atom stereocenters. The van der Waals surface area contributed by atoms with Crippen LogP contribution in [0.3, 0.4) is 0 Å². The fourth-order valence-electron chi connectivity index (χ4n) is 7.61. The van der Waals surface area contributed by atoms with Gasteiger partial charge in [-0.3, -0.25) is 0 Å². The van der Waals surface area contributed by atoms with Gasteiger partial charge in [-0.1, -0.05) is 92.1 Å². The summed E-state index contributed by atoms with van der Waals surface area (Å²) in [5.41, 5.74) is 10.2. The Balaban J connectivity index is 1.22. The number of para-hydroxylation sites is 1. The number of aromatic nitrogens is 3. The van der Waals surface area contributed by atoms with Crippen molar-refractivity contribution >= 4 is 21.9 Å². The van der Waals surface area contributed by atoms with E-state index in [9.17, 15) is 5.26 Å². The average molecular weight is 581 g/mol. The zero-order valence-corrected chi connectivity index (χ0v) is 24.6. The van der Waals surface area contributed by atoms with Crippen LogP contribution in [-0.2, 0) is 5.41 Å². The topological polar surface area (TPSA) is 75.6 Å². The SMILES string of the molecule is N#Cc1ccc2c(c1)C1(CCCCC1)c1cc(-c3nc(-c4ccccc4)nc(-c4ccc5c(c4)oc4ccccc45)n3)ccc1-2. The van der Waals surface area contributed by atoms with Crippen LogP contribution in [0.4, 0.5) is 0 Å². The molecule has 5 aromatic carbocycles. The van der Waals surface area contributed by atoms with Gasteiger partial charge in [-0.25, -0.2) is 15.0 Å². The minimum Gasteiger partial charge on any atom is -0.456 e. The molecule has 0 N–H and O–H groups in total.